The highest BCUT2D eigenvalue weighted by Gasteiger charge is 2.21. The molecular formula is C14H8F3N3O. The maximum atomic E-state index is 13.6. The van der Waals surface area contributed by atoms with Crippen LogP contribution in [0.1, 0.15) is 10.4 Å². The van der Waals surface area contributed by atoms with E-state index in [0.717, 1.165) is 0 Å². The molecule has 0 unspecified atom stereocenters. The van der Waals surface area contributed by atoms with Crippen molar-refractivity contribution in [1.82, 2.24) is 9.97 Å². The number of benzene rings is 1. The molecule has 0 aliphatic rings. The molecule has 3 rings (SSSR count). The summed E-state index contributed by atoms with van der Waals surface area (Å²) >= 11 is 0. The van der Waals surface area contributed by atoms with Gasteiger partial charge in [0.05, 0.1) is 5.69 Å². The van der Waals surface area contributed by atoms with Crippen LogP contribution in [-0.2, 0) is 0 Å². The molecule has 2 N–H and O–H groups in total. The Kier molecular flexibility index (Phi) is 3.09. The van der Waals surface area contributed by atoms with Crippen LogP contribution in [0.5, 0.6) is 0 Å². The number of aromatic nitrogens is 2. The summed E-state index contributed by atoms with van der Waals surface area (Å²) in [5.41, 5.74) is -0.141. The highest BCUT2D eigenvalue weighted by molar-refractivity contribution is 6.08. The fourth-order valence-corrected chi connectivity index (χ4v) is 1.99. The lowest BCUT2D eigenvalue weighted by molar-refractivity contribution is 0.101. The molecule has 2 heterocycles. The van der Waals surface area contributed by atoms with Crippen LogP contribution in [0.2, 0.25) is 0 Å². The van der Waals surface area contributed by atoms with Gasteiger partial charge in [0.2, 0.25) is 0 Å². The van der Waals surface area contributed by atoms with Crippen LogP contribution >= 0.6 is 0 Å². The van der Waals surface area contributed by atoms with Crippen molar-refractivity contribution in [3.05, 3.63) is 59.7 Å². The molecule has 4 nitrogen and oxygen atoms in total. The summed E-state index contributed by atoms with van der Waals surface area (Å²) in [5, 5.41) is 2.92. The van der Waals surface area contributed by atoms with E-state index >= 15 is 0 Å². The molecule has 0 spiro atoms. The quantitative estimate of drug-likeness (QED) is 0.712. The molecule has 0 aliphatic carbocycles. The highest BCUT2D eigenvalue weighted by Crippen LogP contribution is 2.22. The molecule has 0 radical (unpaired) electrons. The Morgan fingerprint density at radius 1 is 1.10 bits per heavy atom. The first-order valence-corrected chi connectivity index (χ1v) is 5.95. The Morgan fingerprint density at radius 2 is 1.86 bits per heavy atom. The number of anilines is 1. The molecular weight excluding hydrogens is 283 g/mol. The predicted octanol–water partition coefficient (Wildman–Crippen LogP) is 3.23. The van der Waals surface area contributed by atoms with Crippen molar-refractivity contribution in [2.24, 2.45) is 0 Å². The van der Waals surface area contributed by atoms with E-state index in [4.69, 9.17) is 0 Å². The van der Waals surface area contributed by atoms with Gasteiger partial charge >= 0.3 is 0 Å². The standard InChI is InChI=1S/C14H8F3N3O/c15-8-1-2-9(16)12(17)11(8)14(21)20-10-4-6-19-13-7(10)3-5-18-13/h1-6H,(H2,18,19,20,21). The van der Waals surface area contributed by atoms with E-state index in [2.05, 4.69) is 15.3 Å². The smallest absolute Gasteiger partial charge is 0.261 e. The first-order valence-electron chi connectivity index (χ1n) is 5.95. The number of carbonyl (C=O) groups excluding carboxylic acids is 1. The number of hydrogen-bond acceptors (Lipinski definition) is 2. The number of amides is 1. The third-order valence-corrected chi connectivity index (χ3v) is 2.98. The molecule has 0 saturated heterocycles. The van der Waals surface area contributed by atoms with E-state index < -0.39 is 28.9 Å². The summed E-state index contributed by atoms with van der Waals surface area (Å²) in [6, 6.07) is 4.45. The van der Waals surface area contributed by atoms with Crippen molar-refractivity contribution >= 4 is 22.6 Å². The van der Waals surface area contributed by atoms with E-state index in [0.29, 0.717) is 28.9 Å². The Bertz CT molecular complexity index is 845. The Hall–Kier alpha value is -2.83. The van der Waals surface area contributed by atoms with Crippen LogP contribution in [0.4, 0.5) is 18.9 Å². The zero-order valence-corrected chi connectivity index (χ0v) is 10.5. The molecule has 3 aromatic rings. The predicted molar refractivity (Wildman–Crippen MR) is 70.4 cm³/mol. The van der Waals surface area contributed by atoms with Crippen molar-refractivity contribution in [3.63, 3.8) is 0 Å². The van der Waals surface area contributed by atoms with Crippen LogP contribution in [0.25, 0.3) is 11.0 Å². The molecule has 0 fully saturated rings. The maximum absolute atomic E-state index is 13.6. The monoisotopic (exact) mass is 291 g/mol. The summed E-state index contributed by atoms with van der Waals surface area (Å²) < 4.78 is 40.3. The minimum Gasteiger partial charge on any atom is -0.346 e. The van der Waals surface area contributed by atoms with Gasteiger partial charge in [-0.3, -0.25) is 4.79 Å². The summed E-state index contributed by atoms with van der Waals surface area (Å²) in [5.74, 6) is -5.01. The average molecular weight is 291 g/mol. The normalized spacial score (nSPS) is 10.8. The molecule has 1 aromatic carbocycles. The summed E-state index contributed by atoms with van der Waals surface area (Å²) in [4.78, 5) is 18.8. The zero-order chi connectivity index (χ0) is 15.0. The van der Waals surface area contributed by atoms with Crippen molar-refractivity contribution in [2.75, 3.05) is 5.32 Å². The van der Waals surface area contributed by atoms with E-state index in [1.165, 1.54) is 12.3 Å². The molecule has 7 heteroatoms. The van der Waals surface area contributed by atoms with Gasteiger partial charge in [0.25, 0.3) is 5.91 Å². The Morgan fingerprint density at radius 3 is 2.67 bits per heavy atom. The maximum Gasteiger partial charge on any atom is 0.261 e. The van der Waals surface area contributed by atoms with Gasteiger partial charge in [-0.1, -0.05) is 0 Å². The van der Waals surface area contributed by atoms with E-state index in [-0.39, 0.29) is 0 Å². The summed E-state index contributed by atoms with van der Waals surface area (Å²) in [6.45, 7) is 0. The lowest BCUT2D eigenvalue weighted by atomic mass is 10.1. The van der Waals surface area contributed by atoms with Gasteiger partial charge in [0.1, 0.15) is 17.0 Å². The van der Waals surface area contributed by atoms with Crippen molar-refractivity contribution < 1.29 is 18.0 Å². The first-order chi connectivity index (χ1) is 10.1. The largest absolute Gasteiger partial charge is 0.346 e. The molecule has 0 aliphatic heterocycles. The van der Waals surface area contributed by atoms with Gasteiger partial charge in [0.15, 0.2) is 11.6 Å². The van der Waals surface area contributed by atoms with Gasteiger partial charge in [-0.2, -0.15) is 0 Å². The number of halogens is 3. The lowest BCUT2D eigenvalue weighted by Crippen LogP contribution is -2.17. The Labute approximate surface area is 116 Å². The molecule has 0 bridgehead atoms. The number of fused-ring (bicyclic) bond motifs is 1. The van der Waals surface area contributed by atoms with Crippen LogP contribution in [-0.4, -0.2) is 15.9 Å². The minimum atomic E-state index is -1.52. The number of H-pyrrole nitrogens is 1. The molecule has 2 aromatic heterocycles. The molecule has 0 atom stereocenters. The zero-order valence-electron chi connectivity index (χ0n) is 10.5. The van der Waals surface area contributed by atoms with Crippen molar-refractivity contribution in [3.8, 4) is 0 Å². The third-order valence-electron chi connectivity index (χ3n) is 2.98. The van der Waals surface area contributed by atoms with Gasteiger partial charge in [-0.05, 0) is 24.3 Å². The van der Waals surface area contributed by atoms with Crippen LogP contribution in [0.15, 0.2) is 36.7 Å². The molecule has 0 saturated carbocycles. The summed E-state index contributed by atoms with van der Waals surface area (Å²) in [6.07, 6.45) is 3.03. The number of nitrogens with zero attached hydrogens (tertiary/aromatic N) is 1. The lowest BCUT2D eigenvalue weighted by Gasteiger charge is -2.08. The second-order valence-corrected chi connectivity index (χ2v) is 4.27. The van der Waals surface area contributed by atoms with Gasteiger partial charge in [-0.15, -0.1) is 0 Å². The topological polar surface area (TPSA) is 57.8 Å². The van der Waals surface area contributed by atoms with Crippen LogP contribution < -0.4 is 5.32 Å². The third kappa shape index (κ3) is 2.22. The number of hydrogen-bond donors (Lipinski definition) is 2. The fourth-order valence-electron chi connectivity index (χ4n) is 1.99. The highest BCUT2D eigenvalue weighted by atomic mass is 19.2. The average Bonchev–Trinajstić information content (AvgIpc) is 2.93. The van der Waals surface area contributed by atoms with Gasteiger partial charge < -0.3 is 10.3 Å². The summed E-state index contributed by atoms with van der Waals surface area (Å²) in [7, 11) is 0. The van der Waals surface area contributed by atoms with Gasteiger partial charge in [0, 0.05) is 17.8 Å². The van der Waals surface area contributed by atoms with Crippen LogP contribution in [0.3, 0.4) is 0 Å². The fraction of sp³-hybridized carbons (Fsp3) is 0. The SMILES string of the molecule is O=C(Nc1ccnc2[nH]ccc12)c1c(F)ccc(F)c1F. The number of rotatable bonds is 2. The number of aromatic amines is 1. The second-order valence-electron chi connectivity index (χ2n) is 4.27. The number of nitrogens with one attached hydrogen (secondary N) is 2. The van der Waals surface area contributed by atoms with Gasteiger partial charge in [-0.25, -0.2) is 18.2 Å². The number of carbonyl (C=O) groups is 1. The van der Waals surface area contributed by atoms with Crippen molar-refractivity contribution in [1.29, 1.82) is 0 Å². The van der Waals surface area contributed by atoms with E-state index in [1.807, 2.05) is 0 Å². The molecule has 1 amide bonds. The second kappa shape index (κ2) is 4.93. The van der Waals surface area contributed by atoms with Crippen molar-refractivity contribution in [2.45, 2.75) is 0 Å². The molecule has 106 valence electrons. The van der Waals surface area contributed by atoms with E-state index in [9.17, 15) is 18.0 Å². The number of pyridine rings is 1. The molecule has 21 heavy (non-hydrogen) atoms. The first kappa shape index (κ1) is 13.2. The minimum absolute atomic E-state index is 0.314. The van der Waals surface area contributed by atoms with E-state index in [1.54, 1.807) is 12.3 Å². The van der Waals surface area contributed by atoms with Crippen LogP contribution in [0, 0.1) is 17.5 Å². The Balaban J connectivity index is 2.01.